The van der Waals surface area contributed by atoms with Gasteiger partial charge in [-0.1, -0.05) is 0 Å². The Kier molecular flexibility index (Phi) is 7.20. The van der Waals surface area contributed by atoms with Crippen LogP contribution in [0.3, 0.4) is 0 Å². The van der Waals surface area contributed by atoms with Crippen LogP contribution in [-0.4, -0.2) is 64.1 Å². The molecule has 0 radical (unpaired) electrons. The molecule has 1 aliphatic heterocycles. The normalized spacial score (nSPS) is 16.0. The molecule has 0 aromatic heterocycles. The lowest BCUT2D eigenvalue weighted by atomic mass is 9.98. The van der Waals surface area contributed by atoms with Crippen molar-refractivity contribution in [2.24, 2.45) is 5.92 Å². The fourth-order valence-corrected chi connectivity index (χ4v) is 4.05. The van der Waals surface area contributed by atoms with Gasteiger partial charge in [-0.3, -0.25) is 9.59 Å². The maximum absolute atomic E-state index is 12.3. The van der Waals surface area contributed by atoms with Crippen molar-refractivity contribution in [1.82, 2.24) is 4.31 Å². The highest BCUT2D eigenvalue weighted by Gasteiger charge is 2.31. The first-order valence-electron chi connectivity index (χ1n) is 8.72. The average Bonchev–Trinajstić information content (AvgIpc) is 2.71. The van der Waals surface area contributed by atoms with E-state index in [2.05, 4.69) is 0 Å². The number of ketones is 1. The summed E-state index contributed by atoms with van der Waals surface area (Å²) in [5.74, 6) is -0.333. The molecule has 9 heteroatoms. The molecule has 8 nitrogen and oxygen atoms in total. The number of Topliss-reactive ketones (excluding diaryl/α,β-unsaturated/α-hetero) is 1. The SMILES string of the molecule is CCS(=O)(=O)N1CCC(C(=O)OCC(=O)c2ccc(OC)cc2OC)CC1. The zero-order valence-electron chi connectivity index (χ0n) is 15.8. The second-order valence-electron chi connectivity index (χ2n) is 6.17. The summed E-state index contributed by atoms with van der Waals surface area (Å²) in [7, 11) is -0.293. The van der Waals surface area contributed by atoms with E-state index >= 15 is 0 Å². The minimum atomic E-state index is -3.24. The summed E-state index contributed by atoms with van der Waals surface area (Å²) in [4.78, 5) is 24.6. The molecule has 0 amide bonds. The van der Waals surface area contributed by atoms with E-state index in [4.69, 9.17) is 14.2 Å². The second kappa shape index (κ2) is 9.18. The van der Waals surface area contributed by atoms with E-state index in [-0.39, 0.29) is 24.6 Å². The van der Waals surface area contributed by atoms with Gasteiger partial charge in [0, 0.05) is 19.2 Å². The average molecular weight is 399 g/mol. The van der Waals surface area contributed by atoms with E-state index in [0.717, 1.165) is 0 Å². The van der Waals surface area contributed by atoms with E-state index in [1.807, 2.05) is 0 Å². The third-order valence-corrected chi connectivity index (χ3v) is 6.48. The van der Waals surface area contributed by atoms with Crippen molar-refractivity contribution in [3.8, 4) is 11.5 Å². The number of carbonyl (C=O) groups excluding carboxylic acids is 2. The topological polar surface area (TPSA) is 99.2 Å². The van der Waals surface area contributed by atoms with Crippen LogP contribution < -0.4 is 9.47 Å². The van der Waals surface area contributed by atoms with Crippen molar-refractivity contribution >= 4 is 21.8 Å². The minimum absolute atomic E-state index is 0.0420. The van der Waals surface area contributed by atoms with Crippen molar-refractivity contribution in [3.05, 3.63) is 23.8 Å². The van der Waals surface area contributed by atoms with Crippen molar-refractivity contribution in [2.75, 3.05) is 39.7 Å². The lowest BCUT2D eigenvalue weighted by Gasteiger charge is -2.29. The van der Waals surface area contributed by atoms with Gasteiger partial charge in [-0.15, -0.1) is 0 Å². The van der Waals surface area contributed by atoms with Crippen LogP contribution in [0.25, 0.3) is 0 Å². The van der Waals surface area contributed by atoms with Gasteiger partial charge in [0.1, 0.15) is 11.5 Å². The summed E-state index contributed by atoms with van der Waals surface area (Å²) < 4.78 is 40.5. The maximum Gasteiger partial charge on any atom is 0.309 e. The molecule has 0 spiro atoms. The van der Waals surface area contributed by atoms with Gasteiger partial charge < -0.3 is 14.2 Å². The molecule has 150 valence electrons. The Bertz CT molecular complexity index is 783. The largest absolute Gasteiger partial charge is 0.497 e. The van der Waals surface area contributed by atoms with Crippen molar-refractivity contribution in [1.29, 1.82) is 0 Å². The number of nitrogens with zero attached hydrogens (tertiary/aromatic N) is 1. The van der Waals surface area contributed by atoms with Crippen molar-refractivity contribution < 1.29 is 32.2 Å². The first-order chi connectivity index (χ1) is 12.8. The van der Waals surface area contributed by atoms with Gasteiger partial charge >= 0.3 is 5.97 Å². The van der Waals surface area contributed by atoms with E-state index in [9.17, 15) is 18.0 Å². The van der Waals surface area contributed by atoms with Crippen LogP contribution in [0.5, 0.6) is 11.5 Å². The number of carbonyl (C=O) groups is 2. The molecule has 1 aliphatic rings. The molecule has 0 atom stereocenters. The zero-order chi connectivity index (χ0) is 20.0. The predicted octanol–water partition coefficient (Wildman–Crippen LogP) is 1.49. The highest BCUT2D eigenvalue weighted by molar-refractivity contribution is 7.89. The Hall–Kier alpha value is -2.13. The molecule has 0 N–H and O–H groups in total. The molecule has 1 fully saturated rings. The summed E-state index contributed by atoms with van der Waals surface area (Å²) in [6.07, 6.45) is 0.774. The highest BCUT2D eigenvalue weighted by atomic mass is 32.2. The smallest absolute Gasteiger partial charge is 0.309 e. The van der Waals surface area contributed by atoms with Gasteiger partial charge in [-0.05, 0) is 31.9 Å². The van der Waals surface area contributed by atoms with E-state index in [1.54, 1.807) is 25.1 Å². The zero-order valence-corrected chi connectivity index (χ0v) is 16.6. The third kappa shape index (κ3) is 5.20. The van der Waals surface area contributed by atoms with Gasteiger partial charge in [-0.2, -0.15) is 0 Å². The van der Waals surface area contributed by atoms with Crippen LogP contribution in [0.2, 0.25) is 0 Å². The lowest BCUT2D eigenvalue weighted by molar-refractivity contribution is -0.148. The Morgan fingerprint density at radius 1 is 1.15 bits per heavy atom. The molecule has 0 unspecified atom stereocenters. The minimum Gasteiger partial charge on any atom is -0.497 e. The van der Waals surface area contributed by atoms with Gasteiger partial charge in [0.15, 0.2) is 6.61 Å². The number of methoxy groups -OCH3 is 2. The van der Waals surface area contributed by atoms with Crippen LogP contribution in [-0.2, 0) is 19.6 Å². The van der Waals surface area contributed by atoms with Crippen molar-refractivity contribution in [3.63, 3.8) is 0 Å². The number of sulfonamides is 1. The van der Waals surface area contributed by atoms with E-state index < -0.39 is 28.5 Å². The number of piperidine rings is 1. The van der Waals surface area contributed by atoms with Gasteiger partial charge in [-0.25, -0.2) is 12.7 Å². The van der Waals surface area contributed by atoms with Crippen LogP contribution in [0.1, 0.15) is 30.1 Å². The summed E-state index contributed by atoms with van der Waals surface area (Å²) in [6, 6.07) is 4.77. The number of hydrogen-bond acceptors (Lipinski definition) is 7. The molecular formula is C18H25NO7S. The van der Waals surface area contributed by atoms with E-state index in [0.29, 0.717) is 29.9 Å². The van der Waals surface area contributed by atoms with E-state index in [1.165, 1.54) is 18.5 Å². The molecule has 1 saturated heterocycles. The molecule has 27 heavy (non-hydrogen) atoms. The first-order valence-corrected chi connectivity index (χ1v) is 10.3. The number of esters is 1. The summed E-state index contributed by atoms with van der Waals surface area (Å²) >= 11 is 0. The number of benzene rings is 1. The Labute approximate surface area is 159 Å². The standard InChI is InChI=1S/C18H25NO7S/c1-4-27(22,23)19-9-7-13(8-10-19)18(21)26-12-16(20)15-6-5-14(24-2)11-17(15)25-3/h5-6,11,13H,4,7-10,12H2,1-3H3. The van der Waals surface area contributed by atoms with Gasteiger partial charge in [0.05, 0.1) is 31.5 Å². The monoisotopic (exact) mass is 399 g/mol. The van der Waals surface area contributed by atoms with Crippen molar-refractivity contribution in [2.45, 2.75) is 19.8 Å². The maximum atomic E-state index is 12.3. The van der Waals surface area contributed by atoms with Gasteiger partial charge in [0.2, 0.25) is 15.8 Å². The quantitative estimate of drug-likeness (QED) is 0.482. The van der Waals surface area contributed by atoms with Crippen LogP contribution in [0, 0.1) is 5.92 Å². The Balaban J connectivity index is 1.90. The summed E-state index contributed by atoms with van der Waals surface area (Å²) in [6.45, 7) is 1.77. The molecule has 2 rings (SSSR count). The van der Waals surface area contributed by atoms with Gasteiger partial charge in [0.25, 0.3) is 0 Å². The van der Waals surface area contributed by atoms with Crippen LogP contribution >= 0.6 is 0 Å². The molecule has 1 heterocycles. The fourth-order valence-electron chi connectivity index (χ4n) is 2.91. The number of rotatable bonds is 8. The van der Waals surface area contributed by atoms with Crippen LogP contribution in [0.15, 0.2) is 18.2 Å². The molecule has 0 saturated carbocycles. The second-order valence-corrected chi connectivity index (χ2v) is 8.43. The molecule has 1 aromatic rings. The molecule has 0 bridgehead atoms. The number of ether oxygens (including phenoxy) is 3. The Morgan fingerprint density at radius 3 is 2.37 bits per heavy atom. The molecule has 1 aromatic carbocycles. The molecular weight excluding hydrogens is 374 g/mol. The summed E-state index contributed by atoms with van der Waals surface area (Å²) in [5, 5.41) is 0. The lowest BCUT2D eigenvalue weighted by Crippen LogP contribution is -2.41. The first kappa shape index (κ1) is 21.2. The third-order valence-electron chi connectivity index (χ3n) is 4.60. The fraction of sp³-hybridized carbons (Fsp3) is 0.556. The summed E-state index contributed by atoms with van der Waals surface area (Å²) in [5.41, 5.74) is 0.301. The Morgan fingerprint density at radius 2 is 1.81 bits per heavy atom. The van der Waals surface area contributed by atoms with Crippen LogP contribution in [0.4, 0.5) is 0 Å². The number of hydrogen-bond donors (Lipinski definition) is 0. The highest BCUT2D eigenvalue weighted by Crippen LogP contribution is 2.25. The predicted molar refractivity (Wildman–Crippen MR) is 98.6 cm³/mol. The molecule has 0 aliphatic carbocycles.